The van der Waals surface area contributed by atoms with Gasteiger partial charge in [0.2, 0.25) is 0 Å². The molecule has 2 unspecified atom stereocenters. The highest BCUT2D eigenvalue weighted by Gasteiger charge is 2.23. The Balaban J connectivity index is 1.79. The number of halogens is 1. The zero-order chi connectivity index (χ0) is 13.9. The second-order valence-corrected chi connectivity index (χ2v) is 6.36. The van der Waals surface area contributed by atoms with Crippen molar-refractivity contribution in [2.24, 2.45) is 0 Å². The van der Waals surface area contributed by atoms with Crippen LogP contribution < -0.4 is 0 Å². The van der Waals surface area contributed by atoms with E-state index in [1.54, 1.807) is 0 Å². The molecule has 104 valence electrons. The van der Waals surface area contributed by atoms with E-state index in [9.17, 15) is 5.11 Å². The highest BCUT2D eigenvalue weighted by Crippen LogP contribution is 2.34. The van der Waals surface area contributed by atoms with Crippen molar-refractivity contribution in [3.8, 4) is 0 Å². The first-order valence-corrected chi connectivity index (χ1v) is 7.95. The van der Waals surface area contributed by atoms with Crippen molar-refractivity contribution in [3.63, 3.8) is 0 Å². The summed E-state index contributed by atoms with van der Waals surface area (Å²) in [5.74, 6) is 0. The Morgan fingerprint density at radius 1 is 1.20 bits per heavy atom. The number of hydrogen-bond acceptors (Lipinski definition) is 2. The van der Waals surface area contributed by atoms with Crippen LogP contribution >= 0.6 is 22.6 Å². The molecule has 1 heterocycles. The Hall–Kier alpha value is -0.910. The standard InChI is InChI=1S/C17H17IO2/c18-14-6-3-5-13(10-14)16(19)11-17-15-7-2-1-4-12(15)8-9-20-17/h1-7,10,16-17,19H,8-9,11H2. The maximum absolute atomic E-state index is 10.4. The molecule has 0 aliphatic carbocycles. The zero-order valence-corrected chi connectivity index (χ0v) is 13.3. The maximum atomic E-state index is 10.4. The lowest BCUT2D eigenvalue weighted by Crippen LogP contribution is -2.18. The Bertz CT molecular complexity index is 597. The van der Waals surface area contributed by atoms with E-state index in [0.717, 1.165) is 22.2 Å². The SMILES string of the molecule is OC(CC1OCCc2ccccc21)c1cccc(I)c1. The largest absolute Gasteiger partial charge is 0.388 e. The van der Waals surface area contributed by atoms with Crippen molar-refractivity contribution in [3.05, 3.63) is 68.8 Å². The normalized spacial score (nSPS) is 19.4. The van der Waals surface area contributed by atoms with E-state index in [4.69, 9.17) is 4.74 Å². The third-order valence-electron chi connectivity index (χ3n) is 3.76. The molecule has 0 saturated heterocycles. The van der Waals surface area contributed by atoms with Gasteiger partial charge in [0.25, 0.3) is 0 Å². The number of aliphatic hydroxyl groups is 1. The van der Waals surface area contributed by atoms with Crippen LogP contribution in [0.5, 0.6) is 0 Å². The first-order valence-electron chi connectivity index (χ1n) is 6.87. The summed E-state index contributed by atoms with van der Waals surface area (Å²) >= 11 is 2.27. The molecule has 3 rings (SSSR count). The lowest BCUT2D eigenvalue weighted by atomic mass is 9.92. The van der Waals surface area contributed by atoms with E-state index in [2.05, 4.69) is 40.8 Å². The second-order valence-electron chi connectivity index (χ2n) is 5.11. The van der Waals surface area contributed by atoms with E-state index >= 15 is 0 Å². The molecule has 0 radical (unpaired) electrons. The van der Waals surface area contributed by atoms with Crippen LogP contribution in [0.15, 0.2) is 48.5 Å². The van der Waals surface area contributed by atoms with Gasteiger partial charge in [-0.25, -0.2) is 0 Å². The Labute approximate surface area is 132 Å². The predicted molar refractivity (Wildman–Crippen MR) is 87.6 cm³/mol. The summed E-state index contributed by atoms with van der Waals surface area (Å²) < 4.78 is 7.01. The molecule has 20 heavy (non-hydrogen) atoms. The van der Waals surface area contributed by atoms with Gasteiger partial charge in [-0.3, -0.25) is 0 Å². The molecule has 2 aromatic carbocycles. The Morgan fingerprint density at radius 3 is 2.90 bits per heavy atom. The molecule has 0 aromatic heterocycles. The van der Waals surface area contributed by atoms with Crippen molar-refractivity contribution in [2.75, 3.05) is 6.61 Å². The lowest BCUT2D eigenvalue weighted by molar-refractivity contribution is 0.00376. The van der Waals surface area contributed by atoms with Gasteiger partial charge >= 0.3 is 0 Å². The Morgan fingerprint density at radius 2 is 2.05 bits per heavy atom. The quantitative estimate of drug-likeness (QED) is 0.815. The first-order chi connectivity index (χ1) is 9.74. The van der Waals surface area contributed by atoms with Crippen molar-refractivity contribution >= 4 is 22.6 Å². The number of fused-ring (bicyclic) bond motifs is 1. The minimum Gasteiger partial charge on any atom is -0.388 e. The fraction of sp³-hybridized carbons (Fsp3) is 0.294. The molecule has 2 atom stereocenters. The minimum absolute atomic E-state index is 0.00665. The van der Waals surface area contributed by atoms with Crippen LogP contribution in [0.4, 0.5) is 0 Å². The van der Waals surface area contributed by atoms with E-state index in [0.29, 0.717) is 6.42 Å². The van der Waals surface area contributed by atoms with Crippen molar-refractivity contribution in [1.29, 1.82) is 0 Å². The van der Waals surface area contributed by atoms with Gasteiger partial charge in [-0.05, 0) is 57.8 Å². The molecular weight excluding hydrogens is 363 g/mol. The van der Waals surface area contributed by atoms with E-state index in [1.165, 1.54) is 11.1 Å². The smallest absolute Gasteiger partial charge is 0.0855 e. The van der Waals surface area contributed by atoms with E-state index in [-0.39, 0.29) is 6.10 Å². The van der Waals surface area contributed by atoms with Crippen LogP contribution in [0.1, 0.15) is 35.3 Å². The fourth-order valence-corrected chi connectivity index (χ4v) is 3.29. The molecule has 1 aliphatic rings. The van der Waals surface area contributed by atoms with Gasteiger partial charge in [-0.2, -0.15) is 0 Å². The number of benzene rings is 2. The maximum Gasteiger partial charge on any atom is 0.0855 e. The molecule has 3 heteroatoms. The van der Waals surface area contributed by atoms with Crippen LogP contribution in [0.2, 0.25) is 0 Å². The van der Waals surface area contributed by atoms with E-state index in [1.807, 2.05) is 30.3 Å². The summed E-state index contributed by atoms with van der Waals surface area (Å²) in [6.45, 7) is 0.737. The van der Waals surface area contributed by atoms with Gasteiger partial charge in [-0.15, -0.1) is 0 Å². The second kappa shape index (κ2) is 6.24. The molecule has 0 amide bonds. The minimum atomic E-state index is -0.485. The molecule has 0 fully saturated rings. The number of rotatable bonds is 3. The zero-order valence-electron chi connectivity index (χ0n) is 11.1. The molecule has 0 bridgehead atoms. The fourth-order valence-electron chi connectivity index (χ4n) is 2.72. The third kappa shape index (κ3) is 3.05. The van der Waals surface area contributed by atoms with Gasteiger partial charge in [0.1, 0.15) is 0 Å². The van der Waals surface area contributed by atoms with Crippen molar-refractivity contribution in [1.82, 2.24) is 0 Å². The highest BCUT2D eigenvalue weighted by molar-refractivity contribution is 14.1. The Kier molecular flexibility index (Phi) is 4.38. The lowest BCUT2D eigenvalue weighted by Gasteiger charge is -2.27. The van der Waals surface area contributed by atoms with Crippen LogP contribution in [0.3, 0.4) is 0 Å². The summed E-state index contributed by atoms with van der Waals surface area (Å²) in [4.78, 5) is 0. The summed E-state index contributed by atoms with van der Waals surface area (Å²) in [5, 5.41) is 10.4. The van der Waals surface area contributed by atoms with Crippen molar-refractivity contribution < 1.29 is 9.84 Å². The molecule has 1 N–H and O–H groups in total. The summed E-state index contributed by atoms with van der Waals surface area (Å²) in [6, 6.07) is 16.4. The van der Waals surface area contributed by atoms with Crippen molar-refractivity contribution in [2.45, 2.75) is 25.0 Å². The average Bonchev–Trinajstić information content (AvgIpc) is 2.47. The molecule has 2 aromatic rings. The van der Waals surface area contributed by atoms with Gasteiger partial charge in [-0.1, -0.05) is 36.4 Å². The molecule has 2 nitrogen and oxygen atoms in total. The average molecular weight is 380 g/mol. The molecular formula is C17H17IO2. The topological polar surface area (TPSA) is 29.5 Å². The van der Waals surface area contributed by atoms with E-state index < -0.39 is 6.10 Å². The van der Waals surface area contributed by atoms with Gasteiger partial charge in [0.15, 0.2) is 0 Å². The van der Waals surface area contributed by atoms with Crippen LogP contribution in [0.25, 0.3) is 0 Å². The first kappa shape index (κ1) is 14.0. The van der Waals surface area contributed by atoms with Crippen LogP contribution in [-0.4, -0.2) is 11.7 Å². The van der Waals surface area contributed by atoms with Gasteiger partial charge in [0, 0.05) is 9.99 Å². The molecule has 0 saturated carbocycles. The predicted octanol–water partition coefficient (Wildman–Crippen LogP) is 4.03. The third-order valence-corrected chi connectivity index (χ3v) is 4.43. The summed E-state index contributed by atoms with van der Waals surface area (Å²) in [5.41, 5.74) is 3.53. The van der Waals surface area contributed by atoms with Crippen LogP contribution in [0, 0.1) is 3.57 Å². The number of aliphatic hydroxyl groups excluding tert-OH is 1. The molecule has 1 aliphatic heterocycles. The number of ether oxygens (including phenoxy) is 1. The van der Waals surface area contributed by atoms with Crippen LogP contribution in [-0.2, 0) is 11.2 Å². The number of hydrogen-bond donors (Lipinski definition) is 1. The summed E-state index contributed by atoms with van der Waals surface area (Å²) in [7, 11) is 0. The van der Waals surface area contributed by atoms with Gasteiger partial charge < -0.3 is 9.84 Å². The molecule has 0 spiro atoms. The monoisotopic (exact) mass is 380 g/mol. The van der Waals surface area contributed by atoms with Gasteiger partial charge in [0.05, 0.1) is 18.8 Å². The highest BCUT2D eigenvalue weighted by atomic mass is 127. The summed E-state index contributed by atoms with van der Waals surface area (Å²) in [6.07, 6.45) is 1.08.